The number of carbonyl (C=O) groups is 2. The lowest BCUT2D eigenvalue weighted by molar-refractivity contribution is -0.118. The van der Waals surface area contributed by atoms with Crippen LogP contribution in [0.4, 0.5) is 14.9 Å². The molecule has 0 fully saturated rings. The molecule has 5 nitrogen and oxygen atoms in total. The molecule has 6 heteroatoms. The van der Waals surface area contributed by atoms with Crippen molar-refractivity contribution in [2.45, 2.75) is 39.7 Å². The maximum atomic E-state index is 13.9. The fourth-order valence-electron chi connectivity index (χ4n) is 1.57. The van der Waals surface area contributed by atoms with Gasteiger partial charge in [0.05, 0.1) is 5.69 Å². The van der Waals surface area contributed by atoms with Crippen molar-refractivity contribution >= 4 is 17.7 Å². The first-order valence-corrected chi connectivity index (χ1v) is 7.20. The number of ether oxygens (including phenoxy) is 1. The van der Waals surface area contributed by atoms with E-state index in [1.807, 2.05) is 0 Å². The van der Waals surface area contributed by atoms with Gasteiger partial charge < -0.3 is 10.1 Å². The maximum absolute atomic E-state index is 13.9. The van der Waals surface area contributed by atoms with Crippen molar-refractivity contribution in [3.05, 3.63) is 29.6 Å². The van der Waals surface area contributed by atoms with Gasteiger partial charge in [-0.3, -0.25) is 10.1 Å². The molecule has 1 rings (SSSR count). The van der Waals surface area contributed by atoms with Gasteiger partial charge in [-0.05, 0) is 39.0 Å². The fourth-order valence-corrected chi connectivity index (χ4v) is 1.57. The molecule has 2 amide bonds. The second kappa shape index (κ2) is 8.18. The van der Waals surface area contributed by atoms with E-state index < -0.39 is 17.5 Å². The molecule has 0 heterocycles. The van der Waals surface area contributed by atoms with Gasteiger partial charge in [0.15, 0.2) is 0 Å². The first kappa shape index (κ1) is 18.5. The molecule has 124 valence electrons. The normalized spacial score (nSPS) is 10.3. The molecule has 0 aromatic heterocycles. The maximum Gasteiger partial charge on any atom is 0.412 e. The Morgan fingerprint density at radius 1 is 1.30 bits per heavy atom. The molecule has 0 atom stereocenters. The standard InChI is InChI=1S/C17H21FN2O3/c1-12(21)19-10-6-5-7-13-8-9-15(14(18)11-13)20-16(22)23-17(2,3)4/h8-9,11H,6,10H2,1-4H3,(H,19,21)(H,20,22). The first-order valence-electron chi connectivity index (χ1n) is 7.20. The van der Waals surface area contributed by atoms with Crippen LogP contribution in [0.5, 0.6) is 0 Å². The minimum absolute atomic E-state index is 0.0306. The number of nitrogens with one attached hydrogen (secondary N) is 2. The molecule has 1 aromatic rings. The third kappa shape index (κ3) is 7.86. The molecule has 0 saturated heterocycles. The molecule has 0 saturated carbocycles. The summed E-state index contributed by atoms with van der Waals surface area (Å²) in [7, 11) is 0. The van der Waals surface area contributed by atoms with Crippen molar-refractivity contribution in [1.82, 2.24) is 5.32 Å². The van der Waals surface area contributed by atoms with Crippen LogP contribution in [0.2, 0.25) is 0 Å². The highest BCUT2D eigenvalue weighted by atomic mass is 19.1. The Morgan fingerprint density at radius 2 is 2.00 bits per heavy atom. The van der Waals surface area contributed by atoms with Crippen LogP contribution in [0, 0.1) is 17.7 Å². The Labute approximate surface area is 135 Å². The van der Waals surface area contributed by atoms with Crippen LogP contribution in [-0.4, -0.2) is 24.1 Å². The number of rotatable bonds is 3. The highest BCUT2D eigenvalue weighted by Gasteiger charge is 2.17. The topological polar surface area (TPSA) is 67.4 Å². The van der Waals surface area contributed by atoms with Crippen LogP contribution >= 0.6 is 0 Å². The zero-order chi connectivity index (χ0) is 17.5. The smallest absolute Gasteiger partial charge is 0.412 e. The minimum Gasteiger partial charge on any atom is -0.444 e. The Hall–Kier alpha value is -2.55. The van der Waals surface area contributed by atoms with Crippen LogP contribution < -0.4 is 10.6 Å². The summed E-state index contributed by atoms with van der Waals surface area (Å²) in [6, 6.07) is 4.26. The number of carbonyl (C=O) groups excluding carboxylic acids is 2. The molecule has 0 bridgehead atoms. The van der Waals surface area contributed by atoms with Gasteiger partial charge in [0.2, 0.25) is 5.91 Å². The van der Waals surface area contributed by atoms with Crippen molar-refractivity contribution in [1.29, 1.82) is 0 Å². The molecule has 0 aliphatic rings. The molecule has 0 radical (unpaired) electrons. The van der Waals surface area contributed by atoms with Gasteiger partial charge in [0, 0.05) is 25.5 Å². The molecule has 0 unspecified atom stereocenters. The van der Waals surface area contributed by atoms with Crippen molar-refractivity contribution in [2.24, 2.45) is 0 Å². The number of amides is 2. The summed E-state index contributed by atoms with van der Waals surface area (Å²) in [5.74, 6) is 4.92. The Kier molecular flexibility index (Phi) is 6.58. The van der Waals surface area contributed by atoms with Gasteiger partial charge in [-0.25, -0.2) is 9.18 Å². The van der Waals surface area contributed by atoms with Crippen LogP contribution in [-0.2, 0) is 9.53 Å². The quantitative estimate of drug-likeness (QED) is 0.664. The number of anilines is 1. The highest BCUT2D eigenvalue weighted by Crippen LogP contribution is 2.17. The summed E-state index contributed by atoms with van der Waals surface area (Å²) in [5, 5.41) is 4.97. The number of halogens is 1. The fraction of sp³-hybridized carbons (Fsp3) is 0.412. The van der Waals surface area contributed by atoms with E-state index in [1.165, 1.54) is 19.1 Å². The van der Waals surface area contributed by atoms with E-state index in [9.17, 15) is 14.0 Å². The highest BCUT2D eigenvalue weighted by molar-refractivity contribution is 5.85. The zero-order valence-electron chi connectivity index (χ0n) is 13.7. The third-order valence-corrected chi connectivity index (χ3v) is 2.46. The van der Waals surface area contributed by atoms with Gasteiger partial charge in [0.1, 0.15) is 11.4 Å². The molecule has 23 heavy (non-hydrogen) atoms. The summed E-state index contributed by atoms with van der Waals surface area (Å²) in [5.41, 5.74) is -0.136. The average Bonchev–Trinajstić information content (AvgIpc) is 2.39. The minimum atomic E-state index is -0.717. The number of hydrogen-bond acceptors (Lipinski definition) is 3. The summed E-state index contributed by atoms with van der Waals surface area (Å²) in [4.78, 5) is 22.3. The van der Waals surface area contributed by atoms with E-state index in [0.29, 0.717) is 18.5 Å². The molecular formula is C17H21FN2O3. The summed E-state index contributed by atoms with van der Waals surface area (Å²) < 4.78 is 19.0. The molecule has 2 N–H and O–H groups in total. The summed E-state index contributed by atoms with van der Waals surface area (Å²) in [6.07, 6.45) is -0.246. The molecule has 0 aliphatic heterocycles. The molecule has 0 spiro atoms. The van der Waals surface area contributed by atoms with E-state index in [2.05, 4.69) is 22.5 Å². The number of hydrogen-bond donors (Lipinski definition) is 2. The van der Waals surface area contributed by atoms with E-state index in [-0.39, 0.29) is 11.6 Å². The monoisotopic (exact) mass is 320 g/mol. The predicted octanol–water partition coefficient (Wildman–Crippen LogP) is 3.05. The van der Waals surface area contributed by atoms with Crippen molar-refractivity contribution in [3.63, 3.8) is 0 Å². The Morgan fingerprint density at radius 3 is 2.57 bits per heavy atom. The molecular weight excluding hydrogens is 299 g/mol. The third-order valence-electron chi connectivity index (χ3n) is 2.46. The van der Waals surface area contributed by atoms with Crippen LogP contribution in [0.1, 0.15) is 39.7 Å². The van der Waals surface area contributed by atoms with Crippen LogP contribution in [0.25, 0.3) is 0 Å². The molecule has 1 aromatic carbocycles. The van der Waals surface area contributed by atoms with Gasteiger partial charge in [-0.15, -0.1) is 0 Å². The lowest BCUT2D eigenvalue weighted by Crippen LogP contribution is -2.27. The summed E-state index contributed by atoms with van der Waals surface area (Å²) in [6.45, 7) is 7.05. The second-order valence-electron chi connectivity index (χ2n) is 5.86. The van der Waals surface area contributed by atoms with E-state index in [4.69, 9.17) is 4.74 Å². The van der Waals surface area contributed by atoms with E-state index in [0.717, 1.165) is 0 Å². The second-order valence-corrected chi connectivity index (χ2v) is 5.86. The number of benzene rings is 1. The van der Waals surface area contributed by atoms with Gasteiger partial charge >= 0.3 is 6.09 Å². The Balaban J connectivity index is 2.63. The largest absolute Gasteiger partial charge is 0.444 e. The zero-order valence-corrected chi connectivity index (χ0v) is 13.7. The first-order chi connectivity index (χ1) is 10.7. The lowest BCUT2D eigenvalue weighted by atomic mass is 10.2. The molecule has 0 aliphatic carbocycles. The van der Waals surface area contributed by atoms with Crippen molar-refractivity contribution in [3.8, 4) is 11.8 Å². The van der Waals surface area contributed by atoms with Gasteiger partial charge in [-0.2, -0.15) is 0 Å². The summed E-state index contributed by atoms with van der Waals surface area (Å²) >= 11 is 0. The average molecular weight is 320 g/mol. The van der Waals surface area contributed by atoms with E-state index >= 15 is 0 Å². The lowest BCUT2D eigenvalue weighted by Gasteiger charge is -2.19. The predicted molar refractivity (Wildman–Crippen MR) is 86.4 cm³/mol. The van der Waals surface area contributed by atoms with Crippen molar-refractivity contribution in [2.75, 3.05) is 11.9 Å². The van der Waals surface area contributed by atoms with E-state index in [1.54, 1.807) is 26.8 Å². The van der Waals surface area contributed by atoms with Gasteiger partial charge in [0.25, 0.3) is 0 Å². The van der Waals surface area contributed by atoms with Crippen molar-refractivity contribution < 1.29 is 18.7 Å². The SMILES string of the molecule is CC(=O)NCCC#Cc1ccc(NC(=O)OC(C)(C)C)c(F)c1. The van der Waals surface area contributed by atoms with Crippen LogP contribution in [0.3, 0.4) is 0 Å². The van der Waals surface area contributed by atoms with Gasteiger partial charge in [-0.1, -0.05) is 11.8 Å². The van der Waals surface area contributed by atoms with Crippen LogP contribution in [0.15, 0.2) is 18.2 Å². The Bertz CT molecular complexity index is 639.